The van der Waals surface area contributed by atoms with Gasteiger partial charge in [-0.25, -0.2) is 0 Å². The third-order valence-corrected chi connectivity index (χ3v) is 3.52. The predicted octanol–water partition coefficient (Wildman–Crippen LogP) is 0.116. The van der Waals surface area contributed by atoms with Crippen LogP contribution in [0.3, 0.4) is 0 Å². The third kappa shape index (κ3) is 6.75. The fraction of sp³-hybridized carbons (Fsp3) is 0.857. The molecule has 0 unspecified atom stereocenters. The summed E-state index contributed by atoms with van der Waals surface area (Å²) in [5.41, 5.74) is 0. The second-order valence-electron chi connectivity index (χ2n) is 5.37. The van der Waals surface area contributed by atoms with Gasteiger partial charge in [0.05, 0.1) is 0 Å². The zero-order valence-corrected chi connectivity index (χ0v) is 13.1. The van der Waals surface area contributed by atoms with Gasteiger partial charge in [0.25, 0.3) is 0 Å². The number of likely N-dealkylation sites (tertiary alicyclic amines) is 1. The lowest BCUT2D eigenvalue weighted by Crippen LogP contribution is -2.43. The van der Waals surface area contributed by atoms with Crippen LogP contribution < -0.4 is 10.6 Å². The Kier molecular flexibility index (Phi) is 8.02. The summed E-state index contributed by atoms with van der Waals surface area (Å²) in [6.45, 7) is 4.98. The summed E-state index contributed by atoms with van der Waals surface area (Å²) in [6.07, 6.45) is 4.49. The summed E-state index contributed by atoms with van der Waals surface area (Å²) < 4.78 is 0. The van der Waals surface area contributed by atoms with E-state index < -0.39 is 0 Å². The van der Waals surface area contributed by atoms with Gasteiger partial charge in [-0.3, -0.25) is 9.79 Å². The first kappa shape index (κ1) is 16.8. The van der Waals surface area contributed by atoms with Crippen molar-refractivity contribution in [3.05, 3.63) is 0 Å². The maximum Gasteiger partial charge on any atom is 0.223 e. The average molecular weight is 283 g/mol. The Bertz CT molecular complexity index is 311. The van der Waals surface area contributed by atoms with E-state index in [-0.39, 0.29) is 5.91 Å². The van der Waals surface area contributed by atoms with Crippen LogP contribution in [0.2, 0.25) is 0 Å². The normalized spacial score (nSPS) is 16.9. The standard InChI is InChI=1S/C14H29N5O/c1-15-14(16-8-7-13(20)18(2)3)17-9-12-19-10-5-4-6-11-19/h4-12H2,1-3H3,(H2,15,16,17). The second kappa shape index (κ2) is 9.58. The highest BCUT2D eigenvalue weighted by molar-refractivity contribution is 5.81. The molecule has 0 saturated carbocycles. The van der Waals surface area contributed by atoms with Gasteiger partial charge in [-0.05, 0) is 25.9 Å². The van der Waals surface area contributed by atoms with Crippen LogP contribution in [-0.2, 0) is 4.79 Å². The van der Waals surface area contributed by atoms with E-state index in [0.717, 1.165) is 19.0 Å². The molecular formula is C14H29N5O. The molecule has 1 amide bonds. The van der Waals surface area contributed by atoms with Crippen molar-refractivity contribution in [3.63, 3.8) is 0 Å². The van der Waals surface area contributed by atoms with Crippen LogP contribution in [0.5, 0.6) is 0 Å². The van der Waals surface area contributed by atoms with Crippen molar-refractivity contribution in [3.8, 4) is 0 Å². The van der Waals surface area contributed by atoms with Crippen molar-refractivity contribution >= 4 is 11.9 Å². The van der Waals surface area contributed by atoms with Crippen LogP contribution >= 0.6 is 0 Å². The monoisotopic (exact) mass is 283 g/mol. The Labute approximate surface area is 122 Å². The second-order valence-corrected chi connectivity index (χ2v) is 5.37. The fourth-order valence-corrected chi connectivity index (χ4v) is 2.25. The Morgan fingerprint density at radius 1 is 1.15 bits per heavy atom. The molecule has 0 aromatic carbocycles. The van der Waals surface area contributed by atoms with E-state index in [9.17, 15) is 4.79 Å². The van der Waals surface area contributed by atoms with Gasteiger partial charge in [-0.2, -0.15) is 0 Å². The Hall–Kier alpha value is -1.30. The zero-order chi connectivity index (χ0) is 14.8. The van der Waals surface area contributed by atoms with Crippen molar-refractivity contribution < 1.29 is 4.79 Å². The summed E-state index contributed by atoms with van der Waals surface area (Å²) in [5, 5.41) is 6.46. The Morgan fingerprint density at radius 3 is 2.40 bits per heavy atom. The number of guanidine groups is 1. The molecule has 1 aliphatic heterocycles. The van der Waals surface area contributed by atoms with Crippen molar-refractivity contribution in [2.45, 2.75) is 25.7 Å². The summed E-state index contributed by atoms with van der Waals surface area (Å²) in [4.78, 5) is 19.7. The van der Waals surface area contributed by atoms with Gasteiger partial charge >= 0.3 is 0 Å². The molecule has 6 nitrogen and oxygen atoms in total. The first-order valence-electron chi connectivity index (χ1n) is 7.50. The molecule has 116 valence electrons. The Morgan fingerprint density at radius 2 is 1.80 bits per heavy atom. The maximum atomic E-state index is 11.5. The maximum absolute atomic E-state index is 11.5. The number of carbonyl (C=O) groups excluding carboxylic acids is 1. The van der Waals surface area contributed by atoms with E-state index in [0.29, 0.717) is 13.0 Å². The lowest BCUT2D eigenvalue weighted by atomic mass is 10.1. The molecule has 0 aromatic heterocycles. The van der Waals surface area contributed by atoms with Gasteiger partial charge in [0.2, 0.25) is 5.91 Å². The number of rotatable bonds is 6. The fourth-order valence-electron chi connectivity index (χ4n) is 2.25. The number of hydrogen-bond acceptors (Lipinski definition) is 3. The number of piperidine rings is 1. The molecule has 1 aliphatic rings. The quantitative estimate of drug-likeness (QED) is 0.537. The lowest BCUT2D eigenvalue weighted by Gasteiger charge is -2.26. The Balaban J connectivity index is 2.11. The van der Waals surface area contributed by atoms with Gasteiger partial charge < -0.3 is 20.4 Å². The van der Waals surface area contributed by atoms with E-state index in [1.165, 1.54) is 32.4 Å². The van der Waals surface area contributed by atoms with Crippen LogP contribution in [0.1, 0.15) is 25.7 Å². The highest BCUT2D eigenvalue weighted by Gasteiger charge is 2.09. The van der Waals surface area contributed by atoms with Crippen molar-refractivity contribution in [2.75, 3.05) is 53.9 Å². The van der Waals surface area contributed by atoms with E-state index in [4.69, 9.17) is 0 Å². The molecule has 0 radical (unpaired) electrons. The molecule has 6 heteroatoms. The molecule has 1 heterocycles. The number of nitrogens with one attached hydrogen (secondary N) is 2. The summed E-state index contributed by atoms with van der Waals surface area (Å²) >= 11 is 0. The summed E-state index contributed by atoms with van der Waals surface area (Å²) in [5.74, 6) is 0.898. The van der Waals surface area contributed by atoms with Gasteiger partial charge in [0, 0.05) is 47.2 Å². The first-order chi connectivity index (χ1) is 9.63. The van der Waals surface area contributed by atoms with Crippen molar-refractivity contribution in [2.24, 2.45) is 4.99 Å². The number of amides is 1. The molecule has 0 bridgehead atoms. The van der Waals surface area contributed by atoms with Crippen LogP contribution in [0.15, 0.2) is 4.99 Å². The highest BCUT2D eigenvalue weighted by Crippen LogP contribution is 2.07. The predicted molar refractivity (Wildman–Crippen MR) is 83.0 cm³/mol. The first-order valence-corrected chi connectivity index (χ1v) is 7.50. The van der Waals surface area contributed by atoms with Gasteiger partial charge in [0.1, 0.15) is 0 Å². The van der Waals surface area contributed by atoms with E-state index in [1.807, 2.05) is 0 Å². The topological polar surface area (TPSA) is 60.0 Å². The van der Waals surface area contributed by atoms with Gasteiger partial charge in [-0.15, -0.1) is 0 Å². The zero-order valence-electron chi connectivity index (χ0n) is 13.1. The van der Waals surface area contributed by atoms with Gasteiger partial charge in [0.15, 0.2) is 5.96 Å². The molecule has 0 aliphatic carbocycles. The average Bonchev–Trinajstić information content (AvgIpc) is 2.46. The van der Waals surface area contributed by atoms with E-state index in [2.05, 4.69) is 20.5 Å². The minimum atomic E-state index is 0.126. The lowest BCUT2D eigenvalue weighted by molar-refractivity contribution is -0.128. The number of aliphatic imine (C=N–C) groups is 1. The van der Waals surface area contributed by atoms with Crippen molar-refractivity contribution in [1.29, 1.82) is 0 Å². The smallest absolute Gasteiger partial charge is 0.223 e. The molecule has 0 aromatic rings. The molecule has 2 N–H and O–H groups in total. The van der Waals surface area contributed by atoms with Gasteiger partial charge in [-0.1, -0.05) is 6.42 Å². The van der Waals surface area contributed by atoms with Crippen LogP contribution in [0.25, 0.3) is 0 Å². The number of nitrogens with zero attached hydrogens (tertiary/aromatic N) is 3. The van der Waals surface area contributed by atoms with Crippen LogP contribution in [0, 0.1) is 0 Å². The van der Waals surface area contributed by atoms with Crippen LogP contribution in [-0.4, -0.2) is 75.5 Å². The largest absolute Gasteiger partial charge is 0.356 e. The molecule has 1 rings (SSSR count). The minimum absolute atomic E-state index is 0.126. The molecule has 0 spiro atoms. The molecule has 0 atom stereocenters. The van der Waals surface area contributed by atoms with E-state index in [1.54, 1.807) is 26.0 Å². The SMILES string of the molecule is CN=C(NCCC(=O)N(C)C)NCCN1CCCCC1. The van der Waals surface area contributed by atoms with Crippen LogP contribution in [0.4, 0.5) is 0 Å². The third-order valence-electron chi connectivity index (χ3n) is 3.52. The highest BCUT2D eigenvalue weighted by atomic mass is 16.2. The molecule has 20 heavy (non-hydrogen) atoms. The minimum Gasteiger partial charge on any atom is -0.356 e. The van der Waals surface area contributed by atoms with E-state index >= 15 is 0 Å². The summed E-state index contributed by atoms with van der Waals surface area (Å²) in [7, 11) is 5.30. The number of hydrogen-bond donors (Lipinski definition) is 2. The number of carbonyl (C=O) groups is 1. The molecule has 1 saturated heterocycles. The van der Waals surface area contributed by atoms with Crippen molar-refractivity contribution in [1.82, 2.24) is 20.4 Å². The molecule has 1 fully saturated rings. The molecular weight excluding hydrogens is 254 g/mol. The summed E-state index contributed by atoms with van der Waals surface area (Å²) in [6, 6.07) is 0.